The van der Waals surface area contributed by atoms with Crippen molar-refractivity contribution in [3.05, 3.63) is 65.2 Å². The molecule has 0 aliphatic rings. The Bertz CT molecular complexity index is 775. The zero-order valence-electron chi connectivity index (χ0n) is 16.2. The predicted molar refractivity (Wildman–Crippen MR) is 114 cm³/mol. The number of amides is 1. The van der Waals surface area contributed by atoms with Crippen LogP contribution in [-0.4, -0.2) is 11.0 Å². The fourth-order valence-electron chi connectivity index (χ4n) is 2.71. The number of rotatable bonds is 4. The van der Waals surface area contributed by atoms with Crippen molar-refractivity contribution in [1.29, 1.82) is 0 Å². The molecular formula is C22H28N2OS. The number of hydrogen-bond acceptors (Lipinski definition) is 2. The lowest BCUT2D eigenvalue weighted by atomic mass is 9.87. The van der Waals surface area contributed by atoms with E-state index in [1.807, 2.05) is 42.5 Å². The molecule has 0 saturated carbocycles. The first kappa shape index (κ1) is 20.1. The van der Waals surface area contributed by atoms with E-state index in [4.69, 9.17) is 12.2 Å². The molecule has 26 heavy (non-hydrogen) atoms. The molecule has 0 bridgehead atoms. The number of thiocarbonyl (C=S) groups is 1. The van der Waals surface area contributed by atoms with Gasteiger partial charge in [0.25, 0.3) is 5.91 Å². The molecule has 2 rings (SSSR count). The van der Waals surface area contributed by atoms with Gasteiger partial charge in [0.2, 0.25) is 0 Å². The van der Waals surface area contributed by atoms with Crippen molar-refractivity contribution in [2.75, 3.05) is 5.32 Å². The molecule has 2 N–H and O–H groups in total. The average molecular weight is 369 g/mol. The lowest BCUT2D eigenvalue weighted by Gasteiger charge is -2.19. The van der Waals surface area contributed by atoms with Crippen molar-refractivity contribution in [2.24, 2.45) is 0 Å². The summed E-state index contributed by atoms with van der Waals surface area (Å²) in [5.74, 6) is 0.214. The maximum absolute atomic E-state index is 12.4. The van der Waals surface area contributed by atoms with Crippen molar-refractivity contribution in [2.45, 2.75) is 52.4 Å². The zero-order chi connectivity index (χ0) is 19.3. The summed E-state index contributed by atoms with van der Waals surface area (Å²) >= 11 is 5.34. The number of carbonyl (C=O) groups excluding carboxylic acids is 1. The largest absolute Gasteiger partial charge is 0.332 e. The normalized spacial score (nSPS) is 12.3. The highest BCUT2D eigenvalue weighted by molar-refractivity contribution is 7.80. The summed E-state index contributed by atoms with van der Waals surface area (Å²) in [6, 6.07) is 15.7. The second-order valence-electron chi connectivity index (χ2n) is 7.63. The lowest BCUT2D eigenvalue weighted by molar-refractivity contribution is 0.0977. The van der Waals surface area contributed by atoms with Crippen LogP contribution < -0.4 is 10.6 Å². The maximum Gasteiger partial charge on any atom is 0.257 e. The molecule has 3 nitrogen and oxygen atoms in total. The third kappa shape index (κ3) is 5.15. The lowest BCUT2D eigenvalue weighted by Crippen LogP contribution is -2.34. The van der Waals surface area contributed by atoms with Crippen LogP contribution in [0.2, 0.25) is 0 Å². The molecule has 1 atom stereocenters. The van der Waals surface area contributed by atoms with Gasteiger partial charge in [-0.25, -0.2) is 0 Å². The smallest absolute Gasteiger partial charge is 0.257 e. The quantitative estimate of drug-likeness (QED) is 0.688. The van der Waals surface area contributed by atoms with Gasteiger partial charge in [-0.15, -0.1) is 0 Å². The molecule has 0 aliphatic carbocycles. The van der Waals surface area contributed by atoms with E-state index < -0.39 is 0 Å². The van der Waals surface area contributed by atoms with Crippen LogP contribution in [0.4, 0.5) is 5.69 Å². The molecule has 138 valence electrons. The van der Waals surface area contributed by atoms with Crippen molar-refractivity contribution in [1.82, 2.24) is 5.32 Å². The van der Waals surface area contributed by atoms with E-state index in [2.05, 4.69) is 51.3 Å². The van der Waals surface area contributed by atoms with Crippen LogP contribution in [0.15, 0.2) is 48.5 Å². The van der Waals surface area contributed by atoms with E-state index in [-0.39, 0.29) is 11.3 Å². The fraction of sp³-hybridized carbons (Fsp3) is 0.364. The van der Waals surface area contributed by atoms with Crippen LogP contribution >= 0.6 is 12.2 Å². The molecule has 0 radical (unpaired) electrons. The van der Waals surface area contributed by atoms with Crippen molar-refractivity contribution in [3.63, 3.8) is 0 Å². The van der Waals surface area contributed by atoms with Crippen molar-refractivity contribution >= 4 is 28.9 Å². The van der Waals surface area contributed by atoms with Crippen LogP contribution in [0.25, 0.3) is 0 Å². The predicted octanol–water partition coefficient (Wildman–Crippen LogP) is 5.62. The standard InChI is InChI=1S/C22H28N2OS/c1-6-15(2)18-9-7-8-10-19(18)23-21(26)24-20(25)16-11-13-17(14-12-16)22(3,4)5/h7-15H,6H2,1-5H3,(H2,23,24,25,26). The van der Waals surface area contributed by atoms with Crippen LogP contribution in [0.1, 0.15) is 68.4 Å². The van der Waals surface area contributed by atoms with E-state index in [1.54, 1.807) is 0 Å². The molecule has 1 unspecified atom stereocenters. The zero-order valence-corrected chi connectivity index (χ0v) is 17.0. The first-order valence-corrected chi connectivity index (χ1v) is 9.45. The van der Waals surface area contributed by atoms with Crippen molar-refractivity contribution < 1.29 is 4.79 Å². The number of hydrogen-bond donors (Lipinski definition) is 2. The molecule has 0 aliphatic heterocycles. The highest BCUT2D eigenvalue weighted by atomic mass is 32.1. The first-order valence-electron chi connectivity index (χ1n) is 9.04. The molecular weight excluding hydrogens is 340 g/mol. The summed E-state index contributed by atoms with van der Waals surface area (Å²) < 4.78 is 0. The molecule has 2 aromatic rings. The van der Waals surface area contributed by atoms with Crippen LogP contribution in [-0.2, 0) is 5.41 Å². The third-order valence-electron chi connectivity index (χ3n) is 4.59. The molecule has 2 aromatic carbocycles. The second kappa shape index (κ2) is 8.45. The molecule has 0 fully saturated rings. The first-order chi connectivity index (χ1) is 12.2. The Hall–Kier alpha value is -2.20. The van der Waals surface area contributed by atoms with Crippen molar-refractivity contribution in [3.8, 4) is 0 Å². The van der Waals surface area contributed by atoms with Gasteiger partial charge in [-0.2, -0.15) is 0 Å². The number of anilines is 1. The van der Waals surface area contributed by atoms with Gasteiger partial charge in [-0.05, 0) is 59.3 Å². The number of benzene rings is 2. The van der Waals surface area contributed by atoms with E-state index in [0.717, 1.165) is 12.1 Å². The van der Waals surface area contributed by atoms with Gasteiger partial charge in [-0.1, -0.05) is 65.0 Å². The van der Waals surface area contributed by atoms with Gasteiger partial charge in [0, 0.05) is 11.3 Å². The number of para-hydroxylation sites is 1. The SMILES string of the molecule is CCC(C)c1ccccc1NC(=S)NC(=O)c1ccc(C(C)(C)C)cc1. The topological polar surface area (TPSA) is 41.1 Å². The minimum atomic E-state index is -0.205. The van der Waals surface area contributed by atoms with E-state index in [0.29, 0.717) is 16.6 Å². The maximum atomic E-state index is 12.4. The van der Waals surface area contributed by atoms with Gasteiger partial charge >= 0.3 is 0 Å². The molecule has 1 amide bonds. The molecule has 0 saturated heterocycles. The monoisotopic (exact) mass is 368 g/mol. The molecule has 4 heteroatoms. The average Bonchev–Trinajstić information content (AvgIpc) is 2.60. The molecule has 0 aromatic heterocycles. The van der Waals surface area contributed by atoms with Gasteiger partial charge in [-0.3, -0.25) is 10.1 Å². The van der Waals surface area contributed by atoms with Gasteiger partial charge in [0.15, 0.2) is 5.11 Å². The van der Waals surface area contributed by atoms with Crippen LogP contribution in [0.3, 0.4) is 0 Å². The van der Waals surface area contributed by atoms with Gasteiger partial charge < -0.3 is 5.32 Å². The number of carbonyl (C=O) groups is 1. The Balaban J connectivity index is 2.05. The Kier molecular flexibility index (Phi) is 6.54. The summed E-state index contributed by atoms with van der Waals surface area (Å²) in [6.45, 7) is 10.8. The van der Waals surface area contributed by atoms with Gasteiger partial charge in [0.1, 0.15) is 0 Å². The Labute approximate surface area is 162 Å². The highest BCUT2D eigenvalue weighted by Gasteiger charge is 2.15. The molecule has 0 heterocycles. The summed E-state index contributed by atoms with van der Waals surface area (Å²) in [5.41, 5.74) is 3.98. The van der Waals surface area contributed by atoms with Crippen LogP contribution in [0, 0.1) is 0 Å². The Morgan fingerprint density at radius 2 is 1.69 bits per heavy atom. The number of nitrogens with one attached hydrogen (secondary N) is 2. The van der Waals surface area contributed by atoms with E-state index in [9.17, 15) is 4.79 Å². The van der Waals surface area contributed by atoms with E-state index in [1.165, 1.54) is 11.1 Å². The summed E-state index contributed by atoms with van der Waals surface area (Å²) in [5, 5.41) is 6.24. The summed E-state index contributed by atoms with van der Waals surface area (Å²) in [7, 11) is 0. The molecule has 0 spiro atoms. The van der Waals surface area contributed by atoms with Gasteiger partial charge in [0.05, 0.1) is 0 Å². The third-order valence-corrected chi connectivity index (χ3v) is 4.80. The van der Waals surface area contributed by atoms with Crippen LogP contribution in [0.5, 0.6) is 0 Å². The minimum Gasteiger partial charge on any atom is -0.332 e. The second-order valence-corrected chi connectivity index (χ2v) is 8.04. The van der Waals surface area contributed by atoms with E-state index >= 15 is 0 Å². The Morgan fingerprint density at radius 1 is 1.08 bits per heavy atom. The Morgan fingerprint density at radius 3 is 2.27 bits per heavy atom. The summed E-state index contributed by atoms with van der Waals surface area (Å²) in [6.07, 6.45) is 1.04. The fourth-order valence-corrected chi connectivity index (χ4v) is 2.91. The highest BCUT2D eigenvalue weighted by Crippen LogP contribution is 2.26. The minimum absolute atomic E-state index is 0.0611. The summed E-state index contributed by atoms with van der Waals surface area (Å²) in [4.78, 5) is 12.4.